The predicted molar refractivity (Wildman–Crippen MR) is 73.1 cm³/mol. The van der Waals surface area contributed by atoms with Crippen molar-refractivity contribution in [3.8, 4) is 0 Å². The summed E-state index contributed by atoms with van der Waals surface area (Å²) in [4.78, 5) is 11.2. The molecular weight excluding hydrogens is 212 g/mol. The van der Waals surface area contributed by atoms with Gasteiger partial charge in [-0.2, -0.15) is 0 Å². The second kappa shape index (κ2) is 13.4. The number of ketones is 1. The van der Waals surface area contributed by atoms with Crippen LogP contribution in [0.4, 0.5) is 0 Å². The molecular formula is C15H28O2. The first kappa shape index (κ1) is 16.4. The first-order valence-electron chi connectivity index (χ1n) is 7.07. The Hall–Kier alpha value is -0.630. The van der Waals surface area contributed by atoms with E-state index in [0.29, 0.717) is 13.0 Å². The Morgan fingerprint density at radius 3 is 1.82 bits per heavy atom. The second-order valence-electron chi connectivity index (χ2n) is 4.62. The van der Waals surface area contributed by atoms with Gasteiger partial charge in [-0.05, 0) is 25.8 Å². The molecule has 0 atom stereocenters. The first-order chi connectivity index (χ1) is 8.31. The van der Waals surface area contributed by atoms with Crippen LogP contribution in [0.5, 0.6) is 0 Å². The van der Waals surface area contributed by atoms with Gasteiger partial charge in [-0.3, -0.25) is 4.79 Å². The van der Waals surface area contributed by atoms with Crippen LogP contribution in [0.15, 0.2) is 12.2 Å². The third-order valence-electron chi connectivity index (χ3n) is 2.93. The van der Waals surface area contributed by atoms with Crippen molar-refractivity contribution >= 4 is 5.78 Å². The smallest absolute Gasteiger partial charge is 0.155 e. The largest absolute Gasteiger partial charge is 0.396 e. The molecule has 0 saturated carbocycles. The SMILES string of the molecule is C/C=C/C(=O)CCCCCCCCCCCO. The highest BCUT2D eigenvalue weighted by atomic mass is 16.2. The first-order valence-corrected chi connectivity index (χ1v) is 7.07. The average Bonchev–Trinajstić information content (AvgIpc) is 2.32. The van der Waals surface area contributed by atoms with Crippen LogP contribution in [0.25, 0.3) is 0 Å². The predicted octanol–water partition coefficient (Wildman–Crippen LogP) is 4.02. The zero-order valence-electron chi connectivity index (χ0n) is 11.3. The van der Waals surface area contributed by atoms with Crippen molar-refractivity contribution in [2.45, 2.75) is 71.1 Å². The Morgan fingerprint density at radius 2 is 1.35 bits per heavy atom. The molecule has 0 aromatic carbocycles. The van der Waals surface area contributed by atoms with Crippen LogP contribution in [0.3, 0.4) is 0 Å². The summed E-state index contributed by atoms with van der Waals surface area (Å²) in [6.07, 6.45) is 14.9. The standard InChI is InChI=1S/C15H28O2/c1-2-12-15(17)13-10-8-6-4-3-5-7-9-11-14-16/h2,12,16H,3-11,13-14H2,1H3/b12-2+. The third-order valence-corrected chi connectivity index (χ3v) is 2.93. The van der Waals surface area contributed by atoms with Gasteiger partial charge in [-0.25, -0.2) is 0 Å². The highest BCUT2D eigenvalue weighted by Crippen LogP contribution is 2.10. The summed E-state index contributed by atoms with van der Waals surface area (Å²) in [6, 6.07) is 0. The molecule has 0 aromatic heterocycles. The molecule has 0 unspecified atom stereocenters. The molecule has 100 valence electrons. The van der Waals surface area contributed by atoms with Gasteiger partial charge in [-0.1, -0.05) is 51.0 Å². The Labute approximate surface area is 106 Å². The van der Waals surface area contributed by atoms with Gasteiger partial charge < -0.3 is 5.11 Å². The van der Waals surface area contributed by atoms with Crippen molar-refractivity contribution in [3.63, 3.8) is 0 Å². The van der Waals surface area contributed by atoms with E-state index in [4.69, 9.17) is 5.11 Å². The van der Waals surface area contributed by atoms with Crippen molar-refractivity contribution in [2.75, 3.05) is 6.61 Å². The van der Waals surface area contributed by atoms with Gasteiger partial charge in [0.25, 0.3) is 0 Å². The summed E-state index contributed by atoms with van der Waals surface area (Å²) in [6.45, 7) is 2.22. The maximum absolute atomic E-state index is 11.2. The number of allylic oxidation sites excluding steroid dienone is 2. The van der Waals surface area contributed by atoms with Crippen LogP contribution < -0.4 is 0 Å². The number of unbranched alkanes of at least 4 members (excludes halogenated alkanes) is 8. The molecule has 0 aromatic rings. The molecule has 0 rings (SSSR count). The monoisotopic (exact) mass is 240 g/mol. The number of hydrogen-bond donors (Lipinski definition) is 1. The van der Waals surface area contributed by atoms with Crippen LogP contribution in [-0.2, 0) is 4.79 Å². The molecule has 0 amide bonds. The number of carbonyl (C=O) groups excluding carboxylic acids is 1. The molecule has 0 spiro atoms. The Bertz CT molecular complexity index is 197. The molecule has 0 radical (unpaired) electrons. The maximum Gasteiger partial charge on any atom is 0.155 e. The summed E-state index contributed by atoms with van der Waals surface area (Å²) >= 11 is 0. The van der Waals surface area contributed by atoms with E-state index in [1.807, 2.05) is 13.0 Å². The molecule has 0 aliphatic heterocycles. The molecule has 0 aliphatic carbocycles. The maximum atomic E-state index is 11.2. The van der Waals surface area contributed by atoms with E-state index in [-0.39, 0.29) is 5.78 Å². The summed E-state index contributed by atoms with van der Waals surface area (Å²) in [7, 11) is 0. The summed E-state index contributed by atoms with van der Waals surface area (Å²) in [5, 5.41) is 8.62. The van der Waals surface area contributed by atoms with Gasteiger partial charge in [0.2, 0.25) is 0 Å². The lowest BCUT2D eigenvalue weighted by molar-refractivity contribution is -0.114. The van der Waals surface area contributed by atoms with Crippen LogP contribution in [0.2, 0.25) is 0 Å². The second-order valence-corrected chi connectivity index (χ2v) is 4.62. The van der Waals surface area contributed by atoms with Crippen molar-refractivity contribution in [1.29, 1.82) is 0 Å². The number of rotatable bonds is 12. The number of aliphatic hydroxyl groups is 1. The quantitative estimate of drug-likeness (QED) is 0.413. The van der Waals surface area contributed by atoms with E-state index in [9.17, 15) is 4.79 Å². The number of aliphatic hydroxyl groups excluding tert-OH is 1. The number of hydrogen-bond acceptors (Lipinski definition) is 2. The van der Waals surface area contributed by atoms with Gasteiger partial charge in [0, 0.05) is 13.0 Å². The molecule has 17 heavy (non-hydrogen) atoms. The fourth-order valence-corrected chi connectivity index (χ4v) is 1.92. The minimum atomic E-state index is 0.261. The van der Waals surface area contributed by atoms with Crippen LogP contribution in [-0.4, -0.2) is 17.5 Å². The van der Waals surface area contributed by atoms with Gasteiger partial charge in [0.15, 0.2) is 5.78 Å². The minimum absolute atomic E-state index is 0.261. The lowest BCUT2D eigenvalue weighted by Gasteiger charge is -2.01. The molecule has 0 heterocycles. The normalized spacial score (nSPS) is 11.2. The topological polar surface area (TPSA) is 37.3 Å². The van der Waals surface area contributed by atoms with Gasteiger partial charge >= 0.3 is 0 Å². The van der Waals surface area contributed by atoms with Crippen molar-refractivity contribution in [3.05, 3.63) is 12.2 Å². The van der Waals surface area contributed by atoms with Crippen LogP contribution in [0.1, 0.15) is 71.1 Å². The van der Waals surface area contributed by atoms with E-state index in [2.05, 4.69) is 0 Å². The van der Waals surface area contributed by atoms with Crippen molar-refractivity contribution < 1.29 is 9.90 Å². The lowest BCUT2D eigenvalue weighted by atomic mass is 10.1. The van der Waals surface area contributed by atoms with E-state index >= 15 is 0 Å². The summed E-state index contributed by atoms with van der Waals surface area (Å²) in [5.74, 6) is 0.261. The molecule has 0 fully saturated rings. The van der Waals surface area contributed by atoms with Crippen molar-refractivity contribution in [2.24, 2.45) is 0 Å². The Balaban J connectivity index is 3.06. The minimum Gasteiger partial charge on any atom is -0.396 e. The van der Waals surface area contributed by atoms with Crippen LogP contribution in [0, 0.1) is 0 Å². The molecule has 1 N–H and O–H groups in total. The molecule has 0 bridgehead atoms. The molecule has 0 aliphatic rings. The lowest BCUT2D eigenvalue weighted by Crippen LogP contribution is -1.91. The van der Waals surface area contributed by atoms with E-state index in [1.54, 1.807) is 6.08 Å². The molecule has 2 heteroatoms. The van der Waals surface area contributed by atoms with E-state index in [1.165, 1.54) is 38.5 Å². The fraction of sp³-hybridized carbons (Fsp3) is 0.800. The van der Waals surface area contributed by atoms with Crippen molar-refractivity contribution in [1.82, 2.24) is 0 Å². The van der Waals surface area contributed by atoms with Gasteiger partial charge in [-0.15, -0.1) is 0 Å². The number of carbonyl (C=O) groups is 1. The summed E-state index contributed by atoms with van der Waals surface area (Å²) < 4.78 is 0. The van der Waals surface area contributed by atoms with Crippen LogP contribution >= 0.6 is 0 Å². The van der Waals surface area contributed by atoms with E-state index in [0.717, 1.165) is 19.3 Å². The third kappa shape index (κ3) is 13.3. The van der Waals surface area contributed by atoms with E-state index < -0.39 is 0 Å². The zero-order chi connectivity index (χ0) is 12.8. The Morgan fingerprint density at radius 1 is 0.882 bits per heavy atom. The highest BCUT2D eigenvalue weighted by molar-refractivity contribution is 5.89. The molecule has 2 nitrogen and oxygen atoms in total. The van der Waals surface area contributed by atoms with Gasteiger partial charge in [0.1, 0.15) is 0 Å². The van der Waals surface area contributed by atoms with Gasteiger partial charge in [0.05, 0.1) is 0 Å². The Kier molecular flexibility index (Phi) is 12.9. The fourth-order valence-electron chi connectivity index (χ4n) is 1.92. The summed E-state index contributed by atoms with van der Waals surface area (Å²) in [5.41, 5.74) is 0. The zero-order valence-corrected chi connectivity index (χ0v) is 11.3. The molecule has 0 saturated heterocycles. The highest BCUT2D eigenvalue weighted by Gasteiger charge is 1.96. The average molecular weight is 240 g/mol.